The van der Waals surface area contributed by atoms with Gasteiger partial charge in [-0.25, -0.2) is 0 Å². The van der Waals surface area contributed by atoms with E-state index in [-0.39, 0.29) is 5.56 Å². The van der Waals surface area contributed by atoms with Gasteiger partial charge in [0.25, 0.3) is 5.56 Å². The zero-order valence-corrected chi connectivity index (χ0v) is 8.33. The topological polar surface area (TPSA) is 48.6 Å². The fraction of sp³-hybridized carbons (Fsp3) is 0.556. The van der Waals surface area contributed by atoms with Crippen LogP contribution in [0.2, 0.25) is 0 Å². The lowest BCUT2D eigenvalue weighted by Gasteiger charge is -2.20. The summed E-state index contributed by atoms with van der Waals surface area (Å²) in [6.07, 6.45) is 3.19. The van der Waals surface area contributed by atoms with E-state index in [0.29, 0.717) is 10.7 Å². The average molecular weight is 196 g/mol. The van der Waals surface area contributed by atoms with E-state index in [0.717, 1.165) is 30.5 Å². The first kappa shape index (κ1) is 8.69. The van der Waals surface area contributed by atoms with E-state index in [4.69, 9.17) is 12.2 Å². The Bertz CT molecular complexity index is 432. The van der Waals surface area contributed by atoms with Crippen LogP contribution >= 0.6 is 12.2 Å². The second-order valence-corrected chi connectivity index (χ2v) is 4.00. The molecule has 1 aromatic heterocycles. The highest BCUT2D eigenvalue weighted by molar-refractivity contribution is 7.71. The molecule has 13 heavy (non-hydrogen) atoms. The number of rotatable bonds is 0. The van der Waals surface area contributed by atoms with Gasteiger partial charge in [-0.05, 0) is 37.4 Å². The molecule has 0 spiro atoms. The Balaban J connectivity index is 2.70. The van der Waals surface area contributed by atoms with Crippen molar-refractivity contribution in [1.82, 2.24) is 9.97 Å². The van der Waals surface area contributed by atoms with Gasteiger partial charge in [-0.3, -0.25) is 9.78 Å². The number of H-pyrrole nitrogens is 2. The summed E-state index contributed by atoms with van der Waals surface area (Å²) < 4.78 is 0.442. The van der Waals surface area contributed by atoms with Crippen molar-refractivity contribution in [1.29, 1.82) is 0 Å². The Morgan fingerprint density at radius 2 is 2.23 bits per heavy atom. The number of aromatic amines is 2. The molecule has 0 aromatic carbocycles. The van der Waals surface area contributed by atoms with E-state index in [9.17, 15) is 4.79 Å². The maximum absolute atomic E-state index is 11.6. The molecule has 0 aliphatic heterocycles. The smallest absolute Gasteiger partial charge is 0.255 e. The molecule has 1 aromatic rings. The summed E-state index contributed by atoms with van der Waals surface area (Å²) in [5.74, 6) is 0.361. The third-order valence-electron chi connectivity index (χ3n) is 2.62. The number of hydrogen-bond acceptors (Lipinski definition) is 2. The van der Waals surface area contributed by atoms with E-state index in [1.807, 2.05) is 0 Å². The van der Waals surface area contributed by atoms with Crippen LogP contribution in [-0.2, 0) is 6.42 Å². The molecule has 1 unspecified atom stereocenters. The van der Waals surface area contributed by atoms with Gasteiger partial charge in [0.15, 0.2) is 4.77 Å². The van der Waals surface area contributed by atoms with E-state index in [1.165, 1.54) is 0 Å². The highest BCUT2D eigenvalue weighted by atomic mass is 32.1. The fourth-order valence-corrected chi connectivity index (χ4v) is 2.21. The Kier molecular flexibility index (Phi) is 2.07. The summed E-state index contributed by atoms with van der Waals surface area (Å²) in [6.45, 7) is 2.09. The molecule has 1 aliphatic carbocycles. The molecule has 0 radical (unpaired) electrons. The molecule has 0 fully saturated rings. The number of nitrogens with one attached hydrogen (secondary N) is 2. The van der Waals surface area contributed by atoms with Gasteiger partial charge in [0, 0.05) is 11.3 Å². The number of hydrogen-bond donors (Lipinski definition) is 2. The molecule has 3 nitrogen and oxygen atoms in total. The Labute approximate surface area is 81.2 Å². The molecule has 2 N–H and O–H groups in total. The predicted octanol–water partition coefficient (Wildman–Crippen LogP) is 1.87. The van der Waals surface area contributed by atoms with Crippen LogP contribution in [0.25, 0.3) is 0 Å². The monoisotopic (exact) mass is 196 g/mol. The summed E-state index contributed by atoms with van der Waals surface area (Å²) in [6, 6.07) is 0. The predicted molar refractivity (Wildman–Crippen MR) is 53.6 cm³/mol. The van der Waals surface area contributed by atoms with Crippen molar-refractivity contribution in [2.45, 2.75) is 32.1 Å². The van der Waals surface area contributed by atoms with Crippen molar-refractivity contribution < 1.29 is 0 Å². The van der Waals surface area contributed by atoms with E-state index in [2.05, 4.69) is 16.9 Å². The van der Waals surface area contributed by atoms with Gasteiger partial charge in [-0.1, -0.05) is 6.92 Å². The van der Waals surface area contributed by atoms with Crippen LogP contribution in [0.3, 0.4) is 0 Å². The highest BCUT2D eigenvalue weighted by Crippen LogP contribution is 2.26. The Morgan fingerprint density at radius 3 is 3.00 bits per heavy atom. The van der Waals surface area contributed by atoms with E-state index >= 15 is 0 Å². The van der Waals surface area contributed by atoms with Crippen LogP contribution < -0.4 is 5.56 Å². The number of fused-ring (bicyclic) bond motifs is 1. The lowest BCUT2D eigenvalue weighted by molar-refractivity contribution is 0.568. The SMILES string of the molecule is CC1CCCc2[nH]c(=S)[nH]c(=O)c21. The van der Waals surface area contributed by atoms with Crippen molar-refractivity contribution in [3.05, 3.63) is 26.4 Å². The molecule has 0 amide bonds. The molecule has 0 saturated heterocycles. The first-order valence-electron chi connectivity index (χ1n) is 4.54. The quantitative estimate of drug-likeness (QED) is 0.622. The summed E-state index contributed by atoms with van der Waals surface area (Å²) in [5, 5.41) is 0. The van der Waals surface area contributed by atoms with Crippen LogP contribution in [0.4, 0.5) is 0 Å². The Morgan fingerprint density at radius 1 is 1.46 bits per heavy atom. The Hall–Kier alpha value is -0.900. The molecule has 0 saturated carbocycles. The third-order valence-corrected chi connectivity index (χ3v) is 2.82. The zero-order chi connectivity index (χ0) is 9.42. The van der Waals surface area contributed by atoms with Gasteiger partial charge in [-0.15, -0.1) is 0 Å². The zero-order valence-electron chi connectivity index (χ0n) is 7.52. The maximum atomic E-state index is 11.6. The van der Waals surface area contributed by atoms with Gasteiger partial charge in [0.2, 0.25) is 0 Å². The largest absolute Gasteiger partial charge is 0.336 e. The summed E-state index contributed by atoms with van der Waals surface area (Å²) in [5.41, 5.74) is 1.93. The normalized spacial score (nSPS) is 21.2. The average Bonchev–Trinajstić information content (AvgIpc) is 2.02. The van der Waals surface area contributed by atoms with Crippen molar-refractivity contribution >= 4 is 12.2 Å². The van der Waals surface area contributed by atoms with Crippen molar-refractivity contribution in [3.8, 4) is 0 Å². The molecule has 1 heterocycles. The standard InChI is InChI=1S/C9H12N2OS/c1-5-3-2-4-6-7(5)8(12)11-9(13)10-6/h5H,2-4H2,1H3,(H2,10,11,12,13). The molecule has 70 valence electrons. The van der Waals surface area contributed by atoms with Crippen LogP contribution in [-0.4, -0.2) is 9.97 Å². The summed E-state index contributed by atoms with van der Waals surface area (Å²) in [4.78, 5) is 17.2. The molecule has 0 bridgehead atoms. The van der Waals surface area contributed by atoms with Crippen molar-refractivity contribution in [3.63, 3.8) is 0 Å². The first-order chi connectivity index (χ1) is 6.18. The molecule has 2 rings (SSSR count). The summed E-state index contributed by atoms with van der Waals surface area (Å²) >= 11 is 4.91. The molecular weight excluding hydrogens is 184 g/mol. The van der Waals surface area contributed by atoms with Gasteiger partial charge in [0.1, 0.15) is 0 Å². The minimum atomic E-state index is -0.00838. The number of aryl methyl sites for hydroxylation is 1. The van der Waals surface area contributed by atoms with E-state index < -0.39 is 0 Å². The van der Waals surface area contributed by atoms with Gasteiger partial charge < -0.3 is 4.98 Å². The van der Waals surface area contributed by atoms with Crippen LogP contribution in [0, 0.1) is 4.77 Å². The number of aromatic nitrogens is 2. The molecule has 1 atom stereocenters. The third kappa shape index (κ3) is 1.46. The van der Waals surface area contributed by atoms with Gasteiger partial charge in [-0.2, -0.15) is 0 Å². The van der Waals surface area contributed by atoms with Crippen molar-refractivity contribution in [2.24, 2.45) is 0 Å². The fourth-order valence-electron chi connectivity index (χ4n) is 1.99. The lowest BCUT2D eigenvalue weighted by Crippen LogP contribution is -2.23. The summed E-state index contributed by atoms with van der Waals surface area (Å²) in [7, 11) is 0. The second-order valence-electron chi connectivity index (χ2n) is 3.59. The minimum Gasteiger partial charge on any atom is -0.336 e. The van der Waals surface area contributed by atoms with Crippen LogP contribution in [0.1, 0.15) is 36.9 Å². The van der Waals surface area contributed by atoms with Gasteiger partial charge >= 0.3 is 0 Å². The molecule has 4 heteroatoms. The maximum Gasteiger partial charge on any atom is 0.255 e. The van der Waals surface area contributed by atoms with Crippen LogP contribution in [0.5, 0.6) is 0 Å². The first-order valence-corrected chi connectivity index (χ1v) is 4.94. The van der Waals surface area contributed by atoms with Gasteiger partial charge in [0.05, 0.1) is 0 Å². The molecule has 1 aliphatic rings. The molecular formula is C9H12N2OS. The highest BCUT2D eigenvalue weighted by Gasteiger charge is 2.19. The van der Waals surface area contributed by atoms with Crippen LogP contribution in [0.15, 0.2) is 4.79 Å². The van der Waals surface area contributed by atoms with E-state index in [1.54, 1.807) is 0 Å². The lowest BCUT2D eigenvalue weighted by atomic mass is 9.88. The van der Waals surface area contributed by atoms with Crippen molar-refractivity contribution in [2.75, 3.05) is 0 Å². The minimum absolute atomic E-state index is 0.00838. The second kappa shape index (κ2) is 3.10.